The fourth-order valence-electron chi connectivity index (χ4n) is 2.02. The molecule has 0 saturated carbocycles. The van der Waals surface area contributed by atoms with Gasteiger partial charge in [-0.1, -0.05) is 19.1 Å². The number of esters is 1. The Labute approximate surface area is 115 Å². The Bertz CT molecular complexity index is 417. The smallest absolute Gasteiger partial charge is 0.327 e. The van der Waals surface area contributed by atoms with Crippen molar-refractivity contribution in [3.8, 4) is 0 Å². The highest BCUT2D eigenvalue weighted by Crippen LogP contribution is 2.17. The molecule has 0 aliphatic heterocycles. The number of carbonyl (C=O) groups excluding carboxylic acids is 1. The molecule has 0 aliphatic carbocycles. The molecule has 1 unspecified atom stereocenters. The largest absolute Gasteiger partial charge is 0.468 e. The molecule has 0 heterocycles. The summed E-state index contributed by atoms with van der Waals surface area (Å²) in [4.78, 5) is 13.9. The summed E-state index contributed by atoms with van der Waals surface area (Å²) in [5.41, 5.74) is 1.68. The van der Waals surface area contributed by atoms with Crippen molar-refractivity contribution in [3.63, 3.8) is 0 Å². The number of benzene rings is 1. The van der Waals surface area contributed by atoms with E-state index >= 15 is 0 Å². The molecule has 1 aromatic rings. The van der Waals surface area contributed by atoms with Crippen LogP contribution >= 0.6 is 0 Å². The molecule has 1 N–H and O–H groups in total. The molecule has 1 rings (SSSR count). The second-order valence-corrected chi connectivity index (χ2v) is 4.95. The van der Waals surface area contributed by atoms with Crippen molar-refractivity contribution >= 4 is 11.7 Å². The van der Waals surface area contributed by atoms with Gasteiger partial charge >= 0.3 is 5.97 Å². The van der Waals surface area contributed by atoms with Gasteiger partial charge in [0.2, 0.25) is 0 Å². The molecule has 4 nitrogen and oxygen atoms in total. The van der Waals surface area contributed by atoms with Crippen LogP contribution in [0.5, 0.6) is 0 Å². The molecule has 0 saturated heterocycles. The van der Waals surface area contributed by atoms with Crippen molar-refractivity contribution in [2.75, 3.05) is 32.6 Å². The third-order valence-electron chi connectivity index (χ3n) is 3.53. The maximum Gasteiger partial charge on any atom is 0.327 e. The first-order valence-electron chi connectivity index (χ1n) is 6.54. The number of hydrogen-bond donors (Lipinski definition) is 1. The molecule has 4 heteroatoms. The Morgan fingerprint density at radius 1 is 1.37 bits per heavy atom. The normalized spacial score (nSPS) is 13.7. The van der Waals surface area contributed by atoms with Crippen molar-refractivity contribution in [1.29, 1.82) is 0 Å². The summed E-state index contributed by atoms with van der Waals surface area (Å²) in [6.07, 6.45) is 1.03. The van der Waals surface area contributed by atoms with Crippen molar-refractivity contribution < 1.29 is 9.53 Å². The lowest BCUT2D eigenvalue weighted by molar-refractivity contribution is -0.147. The van der Waals surface area contributed by atoms with Crippen LogP contribution in [0.4, 0.5) is 5.69 Å². The predicted octanol–water partition coefficient (Wildman–Crippen LogP) is 1.84. The molecule has 106 valence electrons. The van der Waals surface area contributed by atoms with E-state index in [0.717, 1.165) is 12.1 Å². The number of ether oxygens (including phenoxy) is 1. The van der Waals surface area contributed by atoms with Crippen LogP contribution in [0.2, 0.25) is 0 Å². The van der Waals surface area contributed by atoms with Crippen molar-refractivity contribution in [1.82, 2.24) is 5.32 Å². The van der Waals surface area contributed by atoms with E-state index in [2.05, 4.69) is 36.5 Å². The van der Waals surface area contributed by atoms with Crippen molar-refractivity contribution in [3.05, 3.63) is 29.8 Å². The molecular formula is C15H24N2O2. The van der Waals surface area contributed by atoms with Gasteiger partial charge in [0, 0.05) is 19.3 Å². The Morgan fingerprint density at radius 3 is 2.37 bits per heavy atom. The molecule has 0 bridgehead atoms. The van der Waals surface area contributed by atoms with Gasteiger partial charge in [0.05, 0.1) is 7.11 Å². The summed E-state index contributed by atoms with van der Waals surface area (Å²) in [5, 5.41) is 3.04. The lowest BCUT2D eigenvalue weighted by Crippen LogP contribution is -2.55. The number of likely N-dealkylation sites (N-methyl/N-ethyl adjacent to an activating group) is 2. The van der Waals surface area contributed by atoms with Crippen LogP contribution in [0, 0.1) is 0 Å². The number of anilines is 1. The van der Waals surface area contributed by atoms with Gasteiger partial charge in [0.15, 0.2) is 0 Å². The molecule has 0 aliphatic rings. The van der Waals surface area contributed by atoms with E-state index in [1.54, 1.807) is 7.05 Å². The van der Waals surface area contributed by atoms with Gasteiger partial charge in [0.25, 0.3) is 0 Å². The van der Waals surface area contributed by atoms with Crippen LogP contribution in [0.3, 0.4) is 0 Å². The van der Waals surface area contributed by atoms with E-state index in [0.29, 0.717) is 6.54 Å². The first kappa shape index (κ1) is 15.5. The van der Waals surface area contributed by atoms with Gasteiger partial charge in [-0.15, -0.1) is 0 Å². The number of carbonyl (C=O) groups is 1. The summed E-state index contributed by atoms with van der Waals surface area (Å²) >= 11 is 0. The Hall–Kier alpha value is -1.55. The lowest BCUT2D eigenvalue weighted by atomic mass is 10.0. The number of hydrogen-bond acceptors (Lipinski definition) is 4. The summed E-state index contributed by atoms with van der Waals surface area (Å²) < 4.78 is 4.85. The zero-order valence-electron chi connectivity index (χ0n) is 12.5. The molecule has 0 aromatic heterocycles. The first-order valence-corrected chi connectivity index (χ1v) is 6.54. The lowest BCUT2D eigenvalue weighted by Gasteiger charge is -2.32. The standard InChI is InChI=1S/C15H24N2O2/c1-6-12-7-9-13(10-8-12)17(4)11-15(2,16-3)14(18)19-5/h7-10,16H,6,11H2,1-5H3. The van der Waals surface area contributed by atoms with Gasteiger partial charge in [-0.05, 0) is 38.1 Å². The highest BCUT2D eigenvalue weighted by Gasteiger charge is 2.33. The van der Waals surface area contributed by atoms with Gasteiger partial charge in [-0.25, -0.2) is 4.79 Å². The van der Waals surface area contributed by atoms with Crippen LogP contribution in [0.15, 0.2) is 24.3 Å². The molecule has 0 radical (unpaired) electrons. The molecule has 0 spiro atoms. The zero-order chi connectivity index (χ0) is 14.5. The van der Waals surface area contributed by atoms with Crippen LogP contribution in [0.25, 0.3) is 0 Å². The van der Waals surface area contributed by atoms with Gasteiger partial charge in [-0.2, -0.15) is 0 Å². The molecule has 19 heavy (non-hydrogen) atoms. The van der Waals surface area contributed by atoms with Crippen LogP contribution in [-0.4, -0.2) is 39.3 Å². The van der Waals surface area contributed by atoms with Gasteiger partial charge in [0.1, 0.15) is 5.54 Å². The number of nitrogens with one attached hydrogen (secondary N) is 1. The summed E-state index contributed by atoms with van der Waals surface area (Å²) in [5.74, 6) is -0.257. The van der Waals surface area contributed by atoms with E-state index in [4.69, 9.17) is 4.74 Å². The molecule has 0 fully saturated rings. The average molecular weight is 264 g/mol. The Balaban J connectivity index is 2.81. The van der Waals surface area contributed by atoms with Gasteiger partial charge < -0.3 is 15.0 Å². The van der Waals surface area contributed by atoms with Gasteiger partial charge in [-0.3, -0.25) is 0 Å². The Kier molecular flexibility index (Phi) is 5.36. The SMILES string of the molecule is CCc1ccc(N(C)CC(C)(NC)C(=O)OC)cc1. The summed E-state index contributed by atoms with van der Waals surface area (Å²) in [6, 6.07) is 8.37. The fourth-order valence-corrected chi connectivity index (χ4v) is 2.02. The highest BCUT2D eigenvalue weighted by molar-refractivity contribution is 5.81. The molecular weight excluding hydrogens is 240 g/mol. The van der Waals surface area contributed by atoms with E-state index in [1.165, 1.54) is 12.7 Å². The van der Waals surface area contributed by atoms with E-state index < -0.39 is 5.54 Å². The molecule has 1 aromatic carbocycles. The number of methoxy groups -OCH3 is 1. The molecule has 1 atom stereocenters. The maximum absolute atomic E-state index is 11.8. The van der Waals surface area contributed by atoms with Crippen LogP contribution in [0.1, 0.15) is 19.4 Å². The summed E-state index contributed by atoms with van der Waals surface area (Å²) in [7, 11) is 5.15. The minimum absolute atomic E-state index is 0.257. The van der Waals surface area contributed by atoms with Crippen molar-refractivity contribution in [2.45, 2.75) is 25.8 Å². The second-order valence-electron chi connectivity index (χ2n) is 4.95. The number of aryl methyl sites for hydroxylation is 1. The second kappa shape index (κ2) is 6.57. The fraction of sp³-hybridized carbons (Fsp3) is 0.533. The minimum Gasteiger partial charge on any atom is -0.468 e. The zero-order valence-corrected chi connectivity index (χ0v) is 12.5. The van der Waals surface area contributed by atoms with E-state index in [9.17, 15) is 4.79 Å². The monoisotopic (exact) mass is 264 g/mol. The molecule has 0 amide bonds. The number of rotatable bonds is 6. The number of nitrogens with zero attached hydrogens (tertiary/aromatic N) is 1. The maximum atomic E-state index is 11.8. The van der Waals surface area contributed by atoms with Crippen LogP contribution in [-0.2, 0) is 16.0 Å². The minimum atomic E-state index is -0.715. The first-order chi connectivity index (χ1) is 8.96. The quantitative estimate of drug-likeness (QED) is 0.796. The predicted molar refractivity (Wildman–Crippen MR) is 78.6 cm³/mol. The summed E-state index contributed by atoms with van der Waals surface area (Å²) in [6.45, 7) is 4.52. The third kappa shape index (κ3) is 3.70. The average Bonchev–Trinajstić information content (AvgIpc) is 2.46. The van der Waals surface area contributed by atoms with E-state index in [-0.39, 0.29) is 5.97 Å². The topological polar surface area (TPSA) is 41.6 Å². The Morgan fingerprint density at radius 2 is 1.95 bits per heavy atom. The van der Waals surface area contributed by atoms with Crippen molar-refractivity contribution in [2.24, 2.45) is 0 Å². The third-order valence-corrected chi connectivity index (χ3v) is 3.53. The highest BCUT2D eigenvalue weighted by atomic mass is 16.5. The van der Waals surface area contributed by atoms with Crippen LogP contribution < -0.4 is 10.2 Å². The van der Waals surface area contributed by atoms with E-state index in [1.807, 2.05) is 18.9 Å².